The molecule has 0 aromatic rings. The Balaban J connectivity index is 0. The number of hydrogen-bond donors (Lipinski definition) is 3. The molecule has 0 bridgehead atoms. The average Bonchev–Trinajstić information content (AvgIpc) is 2.84. The first-order valence-corrected chi connectivity index (χ1v) is 13.6. The Kier molecular flexibility index (Phi) is 25.8. The second kappa shape index (κ2) is 25.9. The van der Waals surface area contributed by atoms with Gasteiger partial charge in [-0.05, 0) is 51.4 Å². The maximum atomic E-state index is 12.5. The SMILES string of the molecule is CNC(=O)CCCCCNC(=O)CN(CC(=O)CCCCCCC([NH-])=O)CC(=O)NCCCCCC([NH-])=O.[W+2]. The molecule has 0 saturated carbocycles. The van der Waals surface area contributed by atoms with Gasteiger partial charge in [-0.1, -0.05) is 25.7 Å². The first kappa shape index (κ1) is 38.8. The Morgan fingerprint density at radius 2 is 0.949 bits per heavy atom. The minimum Gasteiger partial charge on any atom is -0.668 e. The molecule has 5 amide bonds. The maximum Gasteiger partial charge on any atom is 2.00 e. The van der Waals surface area contributed by atoms with Crippen LogP contribution in [-0.2, 0) is 49.8 Å². The molecule has 13 heteroatoms. The molecular weight excluding hydrogens is 676 g/mol. The Bertz CT molecular complexity index is 712. The number of nitrogens with zero attached hydrogens (tertiary/aromatic N) is 1. The summed E-state index contributed by atoms with van der Waals surface area (Å²) in [7, 11) is 1.59. The summed E-state index contributed by atoms with van der Waals surface area (Å²) in [5, 5.41) is 8.14. The van der Waals surface area contributed by atoms with E-state index in [1.54, 1.807) is 7.05 Å². The summed E-state index contributed by atoms with van der Waals surface area (Å²) in [6.07, 6.45) is 8.24. The fourth-order valence-electron chi connectivity index (χ4n) is 3.73. The molecule has 0 radical (unpaired) electrons. The summed E-state index contributed by atoms with van der Waals surface area (Å²) in [5.74, 6) is -1.84. The Labute approximate surface area is 246 Å². The van der Waals surface area contributed by atoms with Crippen LogP contribution in [0.1, 0.15) is 89.9 Å². The summed E-state index contributed by atoms with van der Waals surface area (Å²) < 4.78 is 0. The summed E-state index contributed by atoms with van der Waals surface area (Å²) in [6, 6.07) is 0. The van der Waals surface area contributed by atoms with Crippen LogP contribution in [0.5, 0.6) is 0 Å². The molecule has 0 fully saturated rings. The maximum absolute atomic E-state index is 12.5. The van der Waals surface area contributed by atoms with E-state index in [-0.39, 0.29) is 77.0 Å². The van der Waals surface area contributed by atoms with E-state index in [4.69, 9.17) is 11.5 Å². The predicted molar refractivity (Wildman–Crippen MR) is 145 cm³/mol. The van der Waals surface area contributed by atoms with Crippen LogP contribution in [-0.4, -0.2) is 80.0 Å². The second-order valence-corrected chi connectivity index (χ2v) is 9.44. The molecule has 5 N–H and O–H groups in total. The van der Waals surface area contributed by atoms with Crippen LogP contribution in [0.4, 0.5) is 0 Å². The van der Waals surface area contributed by atoms with Gasteiger partial charge in [0.2, 0.25) is 17.7 Å². The molecule has 12 nitrogen and oxygen atoms in total. The normalized spacial score (nSPS) is 10.4. The molecule has 0 aromatic carbocycles. The first-order valence-electron chi connectivity index (χ1n) is 13.6. The van der Waals surface area contributed by atoms with Gasteiger partial charge in [0.15, 0.2) is 0 Å². The van der Waals surface area contributed by atoms with Crippen molar-refractivity contribution in [1.82, 2.24) is 20.9 Å². The van der Waals surface area contributed by atoms with Crippen LogP contribution >= 0.6 is 0 Å². The monoisotopic (exact) mass is 722 g/mol. The van der Waals surface area contributed by atoms with Crippen LogP contribution in [0.15, 0.2) is 0 Å². The van der Waals surface area contributed by atoms with Crippen molar-refractivity contribution < 1.29 is 49.8 Å². The van der Waals surface area contributed by atoms with Crippen molar-refractivity contribution in [2.75, 3.05) is 39.8 Å². The fourth-order valence-corrected chi connectivity index (χ4v) is 3.73. The number of rotatable bonds is 25. The van der Waals surface area contributed by atoms with Gasteiger partial charge in [-0.15, -0.1) is 0 Å². The smallest absolute Gasteiger partial charge is 0.668 e. The second-order valence-electron chi connectivity index (χ2n) is 9.44. The van der Waals surface area contributed by atoms with E-state index >= 15 is 0 Å². The van der Waals surface area contributed by atoms with E-state index in [1.165, 1.54) is 4.90 Å². The average molecular weight is 723 g/mol. The van der Waals surface area contributed by atoms with Crippen molar-refractivity contribution >= 4 is 35.3 Å². The van der Waals surface area contributed by atoms with Crippen LogP contribution < -0.4 is 16.0 Å². The number of carbonyl (C=O) groups excluding carboxylic acids is 6. The molecule has 0 spiro atoms. The number of hydrogen-bond acceptors (Lipinski definition) is 7. The van der Waals surface area contributed by atoms with E-state index < -0.39 is 11.8 Å². The van der Waals surface area contributed by atoms with Crippen molar-refractivity contribution in [1.29, 1.82) is 0 Å². The van der Waals surface area contributed by atoms with Crippen LogP contribution in [0.2, 0.25) is 0 Å². The number of ketones is 1. The molecule has 0 aliphatic rings. The Morgan fingerprint density at radius 1 is 0.538 bits per heavy atom. The first-order chi connectivity index (χ1) is 18.1. The van der Waals surface area contributed by atoms with Crippen molar-refractivity contribution in [3.63, 3.8) is 0 Å². The summed E-state index contributed by atoms with van der Waals surface area (Å²) in [4.78, 5) is 71.4. The minimum atomic E-state index is -0.598. The minimum absolute atomic E-state index is 0. The summed E-state index contributed by atoms with van der Waals surface area (Å²) in [6.45, 7) is 0.651. The number of Topliss-reactive ketones (excluding diaryl/α,β-unsaturated/α-hetero) is 1. The van der Waals surface area contributed by atoms with E-state index in [0.29, 0.717) is 58.0 Å². The van der Waals surface area contributed by atoms with Crippen molar-refractivity contribution in [2.45, 2.75) is 89.9 Å². The Hall–Kier alpha value is -2.33. The van der Waals surface area contributed by atoms with Crippen molar-refractivity contribution in [3.8, 4) is 0 Å². The topological polar surface area (TPSA) is 189 Å². The van der Waals surface area contributed by atoms with Crippen molar-refractivity contribution in [2.24, 2.45) is 0 Å². The summed E-state index contributed by atoms with van der Waals surface area (Å²) in [5.41, 5.74) is 13.8. The zero-order valence-electron chi connectivity index (χ0n) is 23.2. The number of unbranched alkanes of at least 4 members (excludes halogenated alkanes) is 7. The number of carbonyl (C=O) groups is 6. The molecule has 0 aliphatic heterocycles. The van der Waals surface area contributed by atoms with Gasteiger partial charge in [0.05, 0.1) is 19.6 Å². The third-order valence-corrected chi connectivity index (χ3v) is 5.83. The molecule has 0 aromatic heterocycles. The molecule has 0 saturated heterocycles. The standard InChI is InChI=1S/C26H48N6O6.W/c1-29-24(36)15-9-5-11-17-31-26(38)20-32(18-21(33)12-6-2-3-7-13-22(27)34)19-25(37)30-16-10-4-8-14-23(28)35;/h2-20H2,1H3,(H7,27,28,29,30,31,34,35,36,37,38);/q;+2/p-2. The summed E-state index contributed by atoms with van der Waals surface area (Å²) >= 11 is 0. The van der Waals surface area contributed by atoms with E-state index in [2.05, 4.69) is 16.0 Å². The fraction of sp³-hybridized carbons (Fsp3) is 0.769. The zero-order valence-corrected chi connectivity index (χ0v) is 26.2. The molecule has 0 aliphatic carbocycles. The molecule has 0 rings (SSSR count). The third-order valence-electron chi connectivity index (χ3n) is 5.83. The Morgan fingerprint density at radius 3 is 1.38 bits per heavy atom. The van der Waals surface area contributed by atoms with Gasteiger partial charge in [0, 0.05) is 44.8 Å². The van der Waals surface area contributed by atoms with E-state index in [1.807, 2.05) is 0 Å². The van der Waals surface area contributed by atoms with Crippen molar-refractivity contribution in [3.05, 3.63) is 11.5 Å². The number of amides is 5. The quantitative estimate of drug-likeness (QED) is 0.121. The van der Waals surface area contributed by atoms with Crippen LogP contribution in [0.25, 0.3) is 11.5 Å². The molecule has 0 atom stereocenters. The molecule has 39 heavy (non-hydrogen) atoms. The van der Waals surface area contributed by atoms with E-state index in [0.717, 1.165) is 32.1 Å². The molecule has 0 heterocycles. The number of nitrogens with one attached hydrogen (secondary N) is 5. The third kappa shape index (κ3) is 27.0. The van der Waals surface area contributed by atoms with Gasteiger partial charge < -0.3 is 37.0 Å². The molecule has 0 unspecified atom stereocenters. The predicted octanol–water partition coefficient (Wildman–Crippen LogP) is 2.45. The largest absolute Gasteiger partial charge is 2.00 e. The molecule has 222 valence electrons. The van der Waals surface area contributed by atoms with Gasteiger partial charge in [-0.2, -0.15) is 0 Å². The van der Waals surface area contributed by atoms with Crippen LogP contribution in [0.3, 0.4) is 0 Å². The van der Waals surface area contributed by atoms with Crippen LogP contribution in [0, 0.1) is 0 Å². The zero-order chi connectivity index (χ0) is 28.6. The van der Waals surface area contributed by atoms with Gasteiger partial charge >= 0.3 is 21.1 Å². The van der Waals surface area contributed by atoms with Gasteiger partial charge in [-0.25, -0.2) is 0 Å². The van der Waals surface area contributed by atoms with Gasteiger partial charge in [0.1, 0.15) is 5.78 Å². The van der Waals surface area contributed by atoms with Gasteiger partial charge in [0.25, 0.3) is 0 Å². The molecular formula is C26H46N6O6W. The van der Waals surface area contributed by atoms with E-state index in [9.17, 15) is 28.8 Å². The van der Waals surface area contributed by atoms with Gasteiger partial charge in [-0.3, -0.25) is 24.1 Å².